The highest BCUT2D eigenvalue weighted by molar-refractivity contribution is 6.16. The van der Waals surface area contributed by atoms with E-state index in [1.54, 1.807) is 30.6 Å². The summed E-state index contributed by atoms with van der Waals surface area (Å²) in [6.07, 6.45) is 3.23. The molecule has 3 aromatic rings. The van der Waals surface area contributed by atoms with Crippen LogP contribution in [0.5, 0.6) is 0 Å². The van der Waals surface area contributed by atoms with Crippen LogP contribution in [0.25, 0.3) is 10.9 Å². The molecule has 4 nitrogen and oxygen atoms in total. The molecule has 4 heteroatoms. The van der Waals surface area contributed by atoms with Gasteiger partial charge in [-0.3, -0.25) is 14.8 Å². The average molecular weight is 249 g/mol. The summed E-state index contributed by atoms with van der Waals surface area (Å²) in [6.45, 7) is 0. The number of ketones is 1. The summed E-state index contributed by atoms with van der Waals surface area (Å²) in [6, 6.07) is 12.6. The van der Waals surface area contributed by atoms with Crippen molar-refractivity contribution in [3.8, 4) is 0 Å². The Hall–Kier alpha value is -2.75. The van der Waals surface area contributed by atoms with Gasteiger partial charge in [0.15, 0.2) is 0 Å². The van der Waals surface area contributed by atoms with E-state index in [0.29, 0.717) is 16.8 Å². The zero-order chi connectivity index (χ0) is 13.2. The van der Waals surface area contributed by atoms with E-state index >= 15 is 0 Å². The minimum atomic E-state index is -0.206. The minimum Gasteiger partial charge on any atom is -0.397 e. The zero-order valence-electron chi connectivity index (χ0n) is 10.1. The summed E-state index contributed by atoms with van der Waals surface area (Å²) in [7, 11) is 0. The van der Waals surface area contributed by atoms with Crippen molar-refractivity contribution in [3.63, 3.8) is 0 Å². The second-order valence-corrected chi connectivity index (χ2v) is 4.15. The third kappa shape index (κ3) is 1.93. The van der Waals surface area contributed by atoms with Crippen molar-refractivity contribution in [2.45, 2.75) is 0 Å². The monoisotopic (exact) mass is 249 g/mol. The number of hydrogen-bond acceptors (Lipinski definition) is 4. The molecule has 2 N–H and O–H groups in total. The third-order valence-electron chi connectivity index (χ3n) is 2.93. The van der Waals surface area contributed by atoms with Gasteiger partial charge < -0.3 is 5.73 Å². The van der Waals surface area contributed by atoms with Gasteiger partial charge in [0.05, 0.1) is 16.8 Å². The number of aromatic nitrogens is 2. The predicted octanol–water partition coefficient (Wildman–Crippen LogP) is 2.44. The Morgan fingerprint density at radius 2 is 1.68 bits per heavy atom. The molecule has 0 aliphatic carbocycles. The van der Waals surface area contributed by atoms with Crippen LogP contribution in [-0.4, -0.2) is 15.8 Å². The molecule has 0 unspecified atom stereocenters. The van der Waals surface area contributed by atoms with Crippen LogP contribution in [-0.2, 0) is 0 Å². The zero-order valence-corrected chi connectivity index (χ0v) is 10.1. The Morgan fingerprint density at radius 3 is 2.53 bits per heavy atom. The Balaban J connectivity index is 2.20. The smallest absolute Gasteiger partial charge is 0.215 e. The standard InChI is InChI=1S/C15H11N3O/c16-12-7-3-9-18-14(12)15(19)11-6-1-4-10-5-2-8-17-13(10)11/h1-9H,16H2. The number of carbonyl (C=O) groups excluding carboxylic acids is 1. The number of anilines is 1. The number of para-hydroxylation sites is 1. The van der Waals surface area contributed by atoms with Crippen LogP contribution in [0.2, 0.25) is 0 Å². The molecule has 1 aromatic carbocycles. The van der Waals surface area contributed by atoms with E-state index in [1.807, 2.05) is 24.3 Å². The van der Waals surface area contributed by atoms with Gasteiger partial charge in [0, 0.05) is 17.8 Å². The second kappa shape index (κ2) is 4.49. The number of nitrogens with two attached hydrogens (primary N) is 1. The summed E-state index contributed by atoms with van der Waals surface area (Å²) < 4.78 is 0. The lowest BCUT2D eigenvalue weighted by Crippen LogP contribution is -2.08. The van der Waals surface area contributed by atoms with Crippen LogP contribution in [0.15, 0.2) is 54.9 Å². The van der Waals surface area contributed by atoms with Gasteiger partial charge in [-0.1, -0.05) is 18.2 Å². The Bertz CT molecular complexity index is 763. The average Bonchev–Trinajstić information content (AvgIpc) is 2.46. The molecule has 0 fully saturated rings. The summed E-state index contributed by atoms with van der Waals surface area (Å²) in [5, 5.41) is 0.919. The number of pyridine rings is 2. The minimum absolute atomic E-state index is 0.206. The number of nitrogens with zero attached hydrogens (tertiary/aromatic N) is 2. The van der Waals surface area contributed by atoms with Gasteiger partial charge in [0.1, 0.15) is 5.69 Å². The second-order valence-electron chi connectivity index (χ2n) is 4.15. The van der Waals surface area contributed by atoms with Crippen molar-refractivity contribution in [3.05, 3.63) is 66.1 Å². The van der Waals surface area contributed by atoms with Crippen molar-refractivity contribution >= 4 is 22.4 Å². The van der Waals surface area contributed by atoms with Crippen LogP contribution in [0.3, 0.4) is 0 Å². The summed E-state index contributed by atoms with van der Waals surface area (Å²) in [5.41, 5.74) is 7.62. The lowest BCUT2D eigenvalue weighted by atomic mass is 10.0. The fourth-order valence-electron chi connectivity index (χ4n) is 2.02. The quantitative estimate of drug-likeness (QED) is 0.708. The highest BCUT2D eigenvalue weighted by Gasteiger charge is 2.16. The van der Waals surface area contributed by atoms with Gasteiger partial charge in [0.2, 0.25) is 5.78 Å². The lowest BCUT2D eigenvalue weighted by Gasteiger charge is -2.06. The van der Waals surface area contributed by atoms with Crippen LogP contribution >= 0.6 is 0 Å². The van der Waals surface area contributed by atoms with Gasteiger partial charge in [-0.15, -0.1) is 0 Å². The molecule has 0 spiro atoms. The SMILES string of the molecule is Nc1cccnc1C(=O)c1cccc2cccnc12. The predicted molar refractivity (Wildman–Crippen MR) is 73.8 cm³/mol. The summed E-state index contributed by atoms with van der Waals surface area (Å²) in [4.78, 5) is 20.8. The Labute approximate surface area is 109 Å². The first-order valence-electron chi connectivity index (χ1n) is 5.86. The Morgan fingerprint density at radius 1 is 0.947 bits per heavy atom. The summed E-state index contributed by atoms with van der Waals surface area (Å²) >= 11 is 0. The number of fused-ring (bicyclic) bond motifs is 1. The van der Waals surface area contributed by atoms with Gasteiger partial charge in [-0.25, -0.2) is 0 Å². The van der Waals surface area contributed by atoms with Gasteiger partial charge >= 0.3 is 0 Å². The normalized spacial score (nSPS) is 10.5. The van der Waals surface area contributed by atoms with Crippen LogP contribution in [0.4, 0.5) is 5.69 Å². The van der Waals surface area contributed by atoms with E-state index in [4.69, 9.17) is 5.73 Å². The topological polar surface area (TPSA) is 68.9 Å². The molecular weight excluding hydrogens is 238 g/mol. The van der Waals surface area contributed by atoms with Crippen molar-refractivity contribution < 1.29 is 4.79 Å². The first-order chi connectivity index (χ1) is 9.27. The first-order valence-corrected chi connectivity index (χ1v) is 5.86. The van der Waals surface area contributed by atoms with Crippen LogP contribution in [0.1, 0.15) is 16.1 Å². The first kappa shape index (κ1) is 11.3. The number of rotatable bonds is 2. The number of hydrogen-bond donors (Lipinski definition) is 1. The maximum atomic E-state index is 12.5. The van der Waals surface area contributed by atoms with E-state index in [2.05, 4.69) is 9.97 Å². The van der Waals surface area contributed by atoms with Crippen molar-refractivity contribution in [2.75, 3.05) is 5.73 Å². The number of benzene rings is 1. The molecule has 0 amide bonds. The van der Waals surface area contributed by atoms with Gasteiger partial charge in [-0.2, -0.15) is 0 Å². The maximum Gasteiger partial charge on any atom is 0.215 e. The van der Waals surface area contributed by atoms with Crippen molar-refractivity contribution in [1.82, 2.24) is 9.97 Å². The maximum absolute atomic E-state index is 12.5. The molecule has 2 heterocycles. The number of nitrogen functional groups attached to an aromatic ring is 1. The Kier molecular flexibility index (Phi) is 2.68. The van der Waals surface area contributed by atoms with E-state index in [9.17, 15) is 4.79 Å². The molecule has 0 aliphatic rings. The molecule has 3 rings (SSSR count). The van der Waals surface area contributed by atoms with Crippen molar-refractivity contribution in [1.29, 1.82) is 0 Å². The van der Waals surface area contributed by atoms with Gasteiger partial charge in [0.25, 0.3) is 0 Å². The molecular formula is C15H11N3O. The largest absolute Gasteiger partial charge is 0.397 e. The third-order valence-corrected chi connectivity index (χ3v) is 2.93. The van der Waals surface area contributed by atoms with Crippen LogP contribution < -0.4 is 5.73 Å². The van der Waals surface area contributed by atoms with Gasteiger partial charge in [-0.05, 0) is 24.3 Å². The van der Waals surface area contributed by atoms with Crippen molar-refractivity contribution in [2.24, 2.45) is 0 Å². The van der Waals surface area contributed by atoms with E-state index in [0.717, 1.165) is 5.39 Å². The molecule has 2 aromatic heterocycles. The molecule has 92 valence electrons. The molecule has 0 bridgehead atoms. The van der Waals surface area contributed by atoms with E-state index < -0.39 is 0 Å². The molecule has 0 atom stereocenters. The highest BCUT2D eigenvalue weighted by Crippen LogP contribution is 2.20. The molecule has 0 aliphatic heterocycles. The van der Waals surface area contributed by atoms with E-state index in [-0.39, 0.29) is 11.5 Å². The highest BCUT2D eigenvalue weighted by atomic mass is 16.1. The fourth-order valence-corrected chi connectivity index (χ4v) is 2.02. The summed E-state index contributed by atoms with van der Waals surface area (Å²) in [5.74, 6) is -0.206. The van der Waals surface area contributed by atoms with Crippen LogP contribution in [0, 0.1) is 0 Å². The molecule has 0 radical (unpaired) electrons. The molecule has 19 heavy (non-hydrogen) atoms. The molecule has 0 saturated heterocycles. The lowest BCUT2D eigenvalue weighted by molar-refractivity contribution is 0.103. The van der Waals surface area contributed by atoms with E-state index in [1.165, 1.54) is 0 Å². The number of carbonyl (C=O) groups is 1. The molecule has 0 saturated carbocycles. The fraction of sp³-hybridized carbons (Fsp3) is 0.